The summed E-state index contributed by atoms with van der Waals surface area (Å²) in [6.07, 6.45) is 0. The summed E-state index contributed by atoms with van der Waals surface area (Å²) in [5, 5.41) is 8.83. The smallest absolute Gasteiger partial charge is 0.329 e. The zero-order valence-electron chi connectivity index (χ0n) is 7.54. The van der Waals surface area contributed by atoms with Gasteiger partial charge in [-0.15, -0.1) is 11.6 Å². The van der Waals surface area contributed by atoms with E-state index in [-0.39, 0.29) is 0 Å². The normalized spacial score (nSPS) is 15.0. The second kappa shape index (κ2) is 3.38. The molecule has 0 aliphatic carbocycles. The lowest BCUT2D eigenvalue weighted by atomic mass is 9.99. The monoisotopic (exact) mass is 198 g/mol. The van der Waals surface area contributed by atoms with Crippen LogP contribution in [-0.4, -0.2) is 11.1 Å². The van der Waals surface area contributed by atoms with Gasteiger partial charge in [0.25, 0.3) is 0 Å². The molecule has 0 unspecified atom stereocenters. The van der Waals surface area contributed by atoms with Crippen LogP contribution in [0.3, 0.4) is 0 Å². The molecule has 0 heterocycles. The van der Waals surface area contributed by atoms with Crippen LogP contribution in [0, 0.1) is 6.92 Å². The summed E-state index contributed by atoms with van der Waals surface area (Å²) < 4.78 is 0. The van der Waals surface area contributed by atoms with Crippen molar-refractivity contribution >= 4 is 17.6 Å². The number of carboxylic acid groups (broad SMARTS) is 1. The standard InChI is InChI=1S/C10H11ClO2/c1-7-3-5-8(6-4-7)10(2,11)9(12)13/h3-6H,1-2H3,(H,12,13)/t10-/m0/s1. The van der Waals surface area contributed by atoms with Gasteiger partial charge in [0, 0.05) is 0 Å². The van der Waals surface area contributed by atoms with E-state index in [1.165, 1.54) is 6.92 Å². The molecule has 0 fully saturated rings. The van der Waals surface area contributed by atoms with Gasteiger partial charge in [-0.1, -0.05) is 29.8 Å². The molecule has 1 aromatic rings. The van der Waals surface area contributed by atoms with E-state index in [4.69, 9.17) is 16.7 Å². The van der Waals surface area contributed by atoms with Crippen molar-refractivity contribution in [3.63, 3.8) is 0 Å². The summed E-state index contributed by atoms with van der Waals surface area (Å²) in [6.45, 7) is 3.41. The van der Waals surface area contributed by atoms with Crippen LogP contribution in [0.5, 0.6) is 0 Å². The molecule has 0 bridgehead atoms. The first kappa shape index (κ1) is 10.1. The maximum absolute atomic E-state index is 10.8. The van der Waals surface area contributed by atoms with Gasteiger partial charge in [0.15, 0.2) is 4.87 Å². The molecular formula is C10H11ClO2. The number of rotatable bonds is 2. The summed E-state index contributed by atoms with van der Waals surface area (Å²) >= 11 is 5.85. The van der Waals surface area contributed by atoms with Crippen molar-refractivity contribution in [3.05, 3.63) is 35.4 Å². The summed E-state index contributed by atoms with van der Waals surface area (Å²) in [4.78, 5) is 9.45. The zero-order chi connectivity index (χ0) is 10.1. The molecular weight excluding hydrogens is 188 g/mol. The Morgan fingerprint density at radius 2 is 1.85 bits per heavy atom. The van der Waals surface area contributed by atoms with E-state index in [0.29, 0.717) is 5.56 Å². The first-order valence-electron chi connectivity index (χ1n) is 3.94. The molecule has 1 N–H and O–H groups in total. The fourth-order valence-corrected chi connectivity index (χ4v) is 1.12. The van der Waals surface area contributed by atoms with Gasteiger partial charge in [0.1, 0.15) is 0 Å². The molecule has 13 heavy (non-hydrogen) atoms. The first-order valence-corrected chi connectivity index (χ1v) is 4.32. The van der Waals surface area contributed by atoms with Gasteiger partial charge in [-0.25, -0.2) is 4.79 Å². The Morgan fingerprint density at radius 3 is 2.23 bits per heavy atom. The Balaban J connectivity index is 3.08. The molecule has 0 aliphatic rings. The van der Waals surface area contributed by atoms with Crippen molar-refractivity contribution in [1.82, 2.24) is 0 Å². The van der Waals surface area contributed by atoms with Crippen LogP contribution in [0.2, 0.25) is 0 Å². The van der Waals surface area contributed by atoms with Crippen molar-refractivity contribution in [3.8, 4) is 0 Å². The number of hydrogen-bond donors (Lipinski definition) is 1. The second-order valence-corrected chi connectivity index (χ2v) is 3.93. The van der Waals surface area contributed by atoms with Crippen molar-refractivity contribution in [2.24, 2.45) is 0 Å². The molecule has 2 nitrogen and oxygen atoms in total. The molecule has 0 spiro atoms. The molecule has 1 aromatic carbocycles. The first-order chi connectivity index (χ1) is 5.94. The van der Waals surface area contributed by atoms with E-state index in [1.54, 1.807) is 12.1 Å². The minimum Gasteiger partial charge on any atom is -0.480 e. The lowest BCUT2D eigenvalue weighted by Crippen LogP contribution is -2.25. The fourth-order valence-electron chi connectivity index (χ4n) is 0.990. The molecule has 0 radical (unpaired) electrons. The van der Waals surface area contributed by atoms with Crippen molar-refractivity contribution in [1.29, 1.82) is 0 Å². The summed E-state index contributed by atoms with van der Waals surface area (Å²) in [6, 6.07) is 7.16. The molecule has 1 atom stereocenters. The fraction of sp³-hybridized carbons (Fsp3) is 0.300. The van der Waals surface area contributed by atoms with Crippen LogP contribution in [0.15, 0.2) is 24.3 Å². The van der Waals surface area contributed by atoms with Crippen LogP contribution in [0.4, 0.5) is 0 Å². The molecule has 0 aliphatic heterocycles. The number of benzene rings is 1. The minimum atomic E-state index is -1.33. The van der Waals surface area contributed by atoms with E-state index in [0.717, 1.165) is 5.56 Å². The third-order valence-electron chi connectivity index (χ3n) is 2.00. The van der Waals surface area contributed by atoms with E-state index in [1.807, 2.05) is 19.1 Å². The third kappa shape index (κ3) is 2.01. The van der Waals surface area contributed by atoms with Gasteiger partial charge in [-0.2, -0.15) is 0 Å². The lowest BCUT2D eigenvalue weighted by Gasteiger charge is -2.16. The number of aliphatic carboxylic acids is 1. The highest BCUT2D eigenvalue weighted by Gasteiger charge is 2.32. The Hall–Kier alpha value is -1.02. The minimum absolute atomic E-state index is 0.604. The Morgan fingerprint density at radius 1 is 1.38 bits per heavy atom. The van der Waals surface area contributed by atoms with Gasteiger partial charge in [0.2, 0.25) is 0 Å². The topological polar surface area (TPSA) is 37.3 Å². The molecule has 70 valence electrons. The number of carbonyl (C=O) groups is 1. The van der Waals surface area contributed by atoms with Crippen LogP contribution >= 0.6 is 11.6 Å². The molecule has 0 saturated heterocycles. The van der Waals surface area contributed by atoms with Crippen molar-refractivity contribution < 1.29 is 9.90 Å². The maximum Gasteiger partial charge on any atom is 0.329 e. The highest BCUT2D eigenvalue weighted by atomic mass is 35.5. The second-order valence-electron chi connectivity index (χ2n) is 3.17. The van der Waals surface area contributed by atoms with Crippen LogP contribution in [-0.2, 0) is 9.67 Å². The van der Waals surface area contributed by atoms with Gasteiger partial charge < -0.3 is 5.11 Å². The average molecular weight is 199 g/mol. The Kier molecular flexibility index (Phi) is 2.62. The van der Waals surface area contributed by atoms with Gasteiger partial charge in [-0.3, -0.25) is 0 Å². The average Bonchev–Trinajstić information content (AvgIpc) is 2.04. The van der Waals surface area contributed by atoms with Gasteiger partial charge >= 0.3 is 5.97 Å². The van der Waals surface area contributed by atoms with Crippen molar-refractivity contribution in [2.75, 3.05) is 0 Å². The largest absolute Gasteiger partial charge is 0.480 e. The quantitative estimate of drug-likeness (QED) is 0.742. The highest BCUT2D eigenvalue weighted by molar-refractivity contribution is 6.33. The number of carboxylic acids is 1. The van der Waals surface area contributed by atoms with Gasteiger partial charge in [-0.05, 0) is 19.4 Å². The number of halogens is 1. The number of aryl methyl sites for hydroxylation is 1. The number of alkyl halides is 1. The third-order valence-corrected chi connectivity index (χ3v) is 2.38. The van der Waals surface area contributed by atoms with Crippen LogP contribution < -0.4 is 0 Å². The molecule has 0 saturated carbocycles. The van der Waals surface area contributed by atoms with E-state index >= 15 is 0 Å². The van der Waals surface area contributed by atoms with E-state index in [2.05, 4.69) is 0 Å². The molecule has 0 aromatic heterocycles. The van der Waals surface area contributed by atoms with Crippen LogP contribution in [0.1, 0.15) is 18.1 Å². The lowest BCUT2D eigenvalue weighted by molar-refractivity contribution is -0.139. The van der Waals surface area contributed by atoms with E-state index in [9.17, 15) is 4.79 Å². The molecule has 3 heteroatoms. The Labute approximate surface area is 82.2 Å². The summed E-state index contributed by atoms with van der Waals surface area (Å²) in [5.74, 6) is -1.03. The number of hydrogen-bond acceptors (Lipinski definition) is 1. The molecule has 0 amide bonds. The predicted molar refractivity (Wildman–Crippen MR) is 52.0 cm³/mol. The van der Waals surface area contributed by atoms with Crippen LogP contribution in [0.25, 0.3) is 0 Å². The summed E-state index contributed by atoms with van der Waals surface area (Å²) in [7, 11) is 0. The summed E-state index contributed by atoms with van der Waals surface area (Å²) in [5.41, 5.74) is 1.69. The molecule has 1 rings (SSSR count). The van der Waals surface area contributed by atoms with Crippen molar-refractivity contribution in [2.45, 2.75) is 18.7 Å². The van der Waals surface area contributed by atoms with Gasteiger partial charge in [0.05, 0.1) is 0 Å². The van der Waals surface area contributed by atoms with E-state index < -0.39 is 10.8 Å². The predicted octanol–water partition coefficient (Wildman–Crippen LogP) is 2.53. The Bertz CT molecular complexity index is 314. The highest BCUT2D eigenvalue weighted by Crippen LogP contribution is 2.28. The zero-order valence-corrected chi connectivity index (χ0v) is 8.30. The maximum atomic E-state index is 10.8. The SMILES string of the molecule is Cc1ccc([C@](C)(Cl)C(=O)O)cc1.